The van der Waals surface area contributed by atoms with E-state index in [1.54, 1.807) is 14.0 Å². The molecule has 0 aliphatic heterocycles. The Balaban J connectivity index is 1.94. The lowest BCUT2D eigenvalue weighted by atomic mass is 10.3. The Bertz CT molecular complexity index is 523. The van der Waals surface area contributed by atoms with Crippen LogP contribution in [0.5, 0.6) is 0 Å². The minimum Gasteiger partial charge on any atom is -0.384 e. The van der Waals surface area contributed by atoms with Gasteiger partial charge in [-0.3, -0.25) is 4.79 Å². The van der Waals surface area contributed by atoms with Gasteiger partial charge in [-0.2, -0.15) is 20.4 Å². The van der Waals surface area contributed by atoms with Gasteiger partial charge in [-0.1, -0.05) is 5.16 Å². The van der Waals surface area contributed by atoms with Crippen LogP contribution >= 0.6 is 0 Å². The van der Waals surface area contributed by atoms with Gasteiger partial charge < -0.3 is 14.6 Å². The number of nitrogens with zero attached hydrogens (tertiary/aromatic N) is 4. The number of rotatable bonds is 6. The van der Waals surface area contributed by atoms with Gasteiger partial charge >= 0.3 is 0 Å². The second-order valence-corrected chi connectivity index (χ2v) is 3.84. The summed E-state index contributed by atoms with van der Waals surface area (Å²) in [7, 11) is 1.60. The van der Waals surface area contributed by atoms with Crippen molar-refractivity contribution in [3.63, 3.8) is 0 Å². The Hall–Kier alpha value is -2.29. The van der Waals surface area contributed by atoms with E-state index in [4.69, 9.17) is 9.26 Å². The number of carbonyl (C=O) groups excluding carboxylic acids is 1. The van der Waals surface area contributed by atoms with E-state index in [1.807, 2.05) is 0 Å². The van der Waals surface area contributed by atoms with Crippen LogP contribution in [-0.4, -0.2) is 45.2 Å². The highest BCUT2D eigenvalue weighted by atomic mass is 16.5. The van der Waals surface area contributed by atoms with E-state index in [2.05, 4.69) is 30.9 Å². The van der Waals surface area contributed by atoms with Crippen molar-refractivity contribution in [2.24, 2.45) is 0 Å². The molecule has 0 bridgehead atoms. The predicted molar refractivity (Wildman–Crippen MR) is 62.1 cm³/mol. The third-order valence-electron chi connectivity index (χ3n) is 2.38. The fourth-order valence-electron chi connectivity index (χ4n) is 1.38. The molecule has 0 aliphatic rings. The number of methoxy groups -OCH3 is 1. The van der Waals surface area contributed by atoms with E-state index in [-0.39, 0.29) is 11.6 Å². The van der Waals surface area contributed by atoms with E-state index < -0.39 is 6.04 Å². The SMILES string of the molecule is COCCc1noc([C@@H](C)NC(=O)c2cn[nH]n2)n1. The molecule has 19 heavy (non-hydrogen) atoms. The molecule has 2 aromatic heterocycles. The Labute approximate surface area is 108 Å². The third kappa shape index (κ3) is 3.35. The lowest BCUT2D eigenvalue weighted by molar-refractivity contribution is 0.0927. The van der Waals surface area contributed by atoms with Crippen LogP contribution in [0.25, 0.3) is 0 Å². The molecule has 1 amide bonds. The molecule has 1 atom stereocenters. The first-order valence-electron chi connectivity index (χ1n) is 5.68. The number of H-pyrrole nitrogens is 1. The van der Waals surface area contributed by atoms with Gasteiger partial charge in [-0.25, -0.2) is 0 Å². The largest absolute Gasteiger partial charge is 0.384 e. The van der Waals surface area contributed by atoms with Gasteiger partial charge in [0, 0.05) is 13.5 Å². The van der Waals surface area contributed by atoms with Crippen molar-refractivity contribution < 1.29 is 14.1 Å². The molecule has 102 valence electrons. The number of carbonyl (C=O) groups is 1. The number of aromatic amines is 1. The molecular weight excluding hydrogens is 252 g/mol. The van der Waals surface area contributed by atoms with Gasteiger partial charge in [0.15, 0.2) is 11.5 Å². The number of ether oxygens (including phenoxy) is 1. The highest BCUT2D eigenvalue weighted by molar-refractivity contribution is 5.91. The zero-order chi connectivity index (χ0) is 13.7. The molecule has 0 saturated heterocycles. The summed E-state index contributed by atoms with van der Waals surface area (Å²) in [6, 6.07) is -0.409. The first kappa shape index (κ1) is 13.1. The molecule has 0 unspecified atom stereocenters. The number of hydrogen-bond donors (Lipinski definition) is 2. The normalized spacial score (nSPS) is 12.3. The third-order valence-corrected chi connectivity index (χ3v) is 2.38. The second kappa shape index (κ2) is 6.05. The summed E-state index contributed by atoms with van der Waals surface area (Å²) >= 11 is 0. The molecule has 2 rings (SSSR count). The standard InChI is InChI=1S/C10H14N6O3/c1-6(12-9(17)7-5-11-16-14-7)10-13-8(15-19-10)3-4-18-2/h5-6H,3-4H2,1-2H3,(H,12,17)(H,11,14,16)/t6-/m1/s1. The summed E-state index contributed by atoms with van der Waals surface area (Å²) in [6.45, 7) is 2.25. The Morgan fingerprint density at radius 1 is 1.63 bits per heavy atom. The lowest BCUT2D eigenvalue weighted by Gasteiger charge is -2.07. The highest BCUT2D eigenvalue weighted by Crippen LogP contribution is 2.10. The van der Waals surface area contributed by atoms with Crippen molar-refractivity contribution in [3.05, 3.63) is 23.6 Å². The van der Waals surface area contributed by atoms with Gasteiger partial charge in [0.25, 0.3) is 5.91 Å². The van der Waals surface area contributed by atoms with Crippen LogP contribution in [0.2, 0.25) is 0 Å². The number of amides is 1. The molecular formula is C10H14N6O3. The van der Waals surface area contributed by atoms with Crippen LogP contribution in [0.4, 0.5) is 0 Å². The van der Waals surface area contributed by atoms with Crippen LogP contribution in [0.3, 0.4) is 0 Å². The molecule has 2 aromatic rings. The second-order valence-electron chi connectivity index (χ2n) is 3.84. The van der Waals surface area contributed by atoms with Gasteiger partial charge in [0.1, 0.15) is 6.04 Å². The Morgan fingerprint density at radius 3 is 3.16 bits per heavy atom. The summed E-state index contributed by atoms with van der Waals surface area (Å²) < 4.78 is 9.99. The summed E-state index contributed by atoms with van der Waals surface area (Å²) in [5.41, 5.74) is 0.200. The first-order chi connectivity index (χ1) is 9.20. The van der Waals surface area contributed by atoms with Crippen molar-refractivity contribution >= 4 is 5.91 Å². The maximum Gasteiger partial charge on any atom is 0.274 e. The van der Waals surface area contributed by atoms with Crippen LogP contribution in [-0.2, 0) is 11.2 Å². The summed E-state index contributed by atoms with van der Waals surface area (Å²) in [5.74, 6) is 0.514. The van der Waals surface area contributed by atoms with Crippen molar-refractivity contribution in [3.8, 4) is 0 Å². The maximum absolute atomic E-state index is 11.7. The van der Waals surface area contributed by atoms with Crippen LogP contribution in [0, 0.1) is 0 Å². The zero-order valence-corrected chi connectivity index (χ0v) is 10.6. The summed E-state index contributed by atoms with van der Waals surface area (Å²) in [4.78, 5) is 15.9. The van der Waals surface area contributed by atoms with E-state index >= 15 is 0 Å². The molecule has 0 aromatic carbocycles. The fraction of sp³-hybridized carbons (Fsp3) is 0.500. The molecule has 9 heteroatoms. The molecule has 0 spiro atoms. The summed E-state index contributed by atoms with van der Waals surface area (Å²) in [6.07, 6.45) is 1.89. The van der Waals surface area contributed by atoms with Crippen molar-refractivity contribution in [1.29, 1.82) is 0 Å². The average Bonchev–Trinajstić information content (AvgIpc) is 3.07. The lowest BCUT2D eigenvalue weighted by Crippen LogP contribution is -2.27. The minimum absolute atomic E-state index is 0.200. The Kier molecular flexibility index (Phi) is 4.18. The zero-order valence-electron chi connectivity index (χ0n) is 10.6. The van der Waals surface area contributed by atoms with Crippen LogP contribution in [0.1, 0.15) is 35.2 Å². The first-order valence-corrected chi connectivity index (χ1v) is 5.68. The molecule has 0 fully saturated rings. The minimum atomic E-state index is -0.409. The Morgan fingerprint density at radius 2 is 2.47 bits per heavy atom. The van der Waals surface area contributed by atoms with Gasteiger partial charge in [0.2, 0.25) is 5.89 Å². The smallest absolute Gasteiger partial charge is 0.274 e. The summed E-state index contributed by atoms with van der Waals surface area (Å²) in [5, 5.41) is 16.1. The quantitative estimate of drug-likeness (QED) is 0.747. The van der Waals surface area contributed by atoms with Gasteiger partial charge in [-0.05, 0) is 6.92 Å². The molecule has 2 heterocycles. The topological polar surface area (TPSA) is 119 Å². The number of hydrogen-bond acceptors (Lipinski definition) is 7. The van der Waals surface area contributed by atoms with Crippen LogP contribution in [0.15, 0.2) is 10.7 Å². The van der Waals surface area contributed by atoms with Crippen molar-refractivity contribution in [1.82, 2.24) is 30.9 Å². The molecule has 0 radical (unpaired) electrons. The predicted octanol–water partition coefficient (Wildman–Crippen LogP) is -0.132. The van der Waals surface area contributed by atoms with Crippen molar-refractivity contribution in [2.75, 3.05) is 13.7 Å². The average molecular weight is 266 g/mol. The monoisotopic (exact) mass is 266 g/mol. The van der Waals surface area contributed by atoms with E-state index in [9.17, 15) is 4.79 Å². The number of nitrogens with one attached hydrogen (secondary N) is 2. The van der Waals surface area contributed by atoms with Crippen LogP contribution < -0.4 is 5.32 Å². The molecule has 0 saturated carbocycles. The van der Waals surface area contributed by atoms with E-state index in [0.717, 1.165) is 0 Å². The van der Waals surface area contributed by atoms with Crippen molar-refractivity contribution in [2.45, 2.75) is 19.4 Å². The molecule has 2 N–H and O–H groups in total. The van der Waals surface area contributed by atoms with E-state index in [0.29, 0.717) is 24.7 Å². The fourth-order valence-corrected chi connectivity index (χ4v) is 1.38. The van der Waals surface area contributed by atoms with E-state index in [1.165, 1.54) is 6.20 Å². The highest BCUT2D eigenvalue weighted by Gasteiger charge is 2.18. The van der Waals surface area contributed by atoms with Gasteiger partial charge in [-0.15, -0.1) is 0 Å². The molecule has 9 nitrogen and oxygen atoms in total. The number of aromatic nitrogens is 5. The van der Waals surface area contributed by atoms with Gasteiger partial charge in [0.05, 0.1) is 12.8 Å². The molecule has 0 aliphatic carbocycles. The maximum atomic E-state index is 11.7.